The highest BCUT2D eigenvalue weighted by Crippen LogP contribution is 2.63. The Morgan fingerprint density at radius 3 is 1.18 bits per heavy atom. The van der Waals surface area contributed by atoms with Gasteiger partial charge >= 0.3 is 0 Å². The molecule has 0 unspecified atom stereocenters. The van der Waals surface area contributed by atoms with Crippen LogP contribution in [0, 0.1) is 5.41 Å². The zero-order valence-corrected chi connectivity index (χ0v) is 18.0. The molecule has 0 saturated carbocycles. The molecule has 0 atom stereocenters. The van der Waals surface area contributed by atoms with Crippen LogP contribution in [-0.2, 0) is 0 Å². The predicted molar refractivity (Wildman–Crippen MR) is 126 cm³/mol. The topological polar surface area (TPSA) is 0 Å². The van der Waals surface area contributed by atoms with Crippen LogP contribution in [0.5, 0.6) is 0 Å². The summed E-state index contributed by atoms with van der Waals surface area (Å²) < 4.78 is 0. The molecule has 0 amide bonds. The first-order valence-corrected chi connectivity index (χ1v) is 9.89. The van der Waals surface area contributed by atoms with Crippen molar-refractivity contribution < 1.29 is 0 Å². The van der Waals surface area contributed by atoms with E-state index in [1.807, 2.05) is 18.2 Å². The van der Waals surface area contributed by atoms with Crippen LogP contribution in [0.2, 0.25) is 0 Å². The molecule has 0 aromatic carbocycles. The van der Waals surface area contributed by atoms with Gasteiger partial charge in [0.2, 0.25) is 0 Å². The van der Waals surface area contributed by atoms with Gasteiger partial charge in [-0.25, -0.2) is 0 Å². The highest BCUT2D eigenvalue weighted by molar-refractivity contribution is 5.81. The van der Waals surface area contributed by atoms with Gasteiger partial charge in [-0.2, -0.15) is 0 Å². The van der Waals surface area contributed by atoms with Crippen molar-refractivity contribution in [3.8, 4) is 0 Å². The summed E-state index contributed by atoms with van der Waals surface area (Å²) in [6, 6.07) is 0. The highest BCUT2D eigenvalue weighted by Gasteiger charge is 2.51. The van der Waals surface area contributed by atoms with Crippen molar-refractivity contribution in [2.75, 3.05) is 0 Å². The first kappa shape index (κ1) is 21.4. The second-order valence-corrected chi connectivity index (χ2v) is 6.88. The molecular formula is C28H32. The largest absolute Gasteiger partial charge is 0.0984 e. The molecule has 0 heterocycles. The second kappa shape index (κ2) is 8.89. The maximum atomic E-state index is 4.14. The summed E-state index contributed by atoms with van der Waals surface area (Å²) in [6.07, 6.45) is 23.3. The average molecular weight is 369 g/mol. The standard InChI is InChI=1S/C28H32/c1-9-16-24-20(8)21(13-5)25(17-10-2)28(24)26(18-11-3)22(14-6)23(15-7)27(28)19-12-4/h9-19H,5-7H2,1-4,8H3/b16-9-,17-10-,18-11-,19-12-. The Bertz CT molecular complexity index is 900. The molecular weight excluding hydrogens is 336 g/mol. The average Bonchev–Trinajstić information content (AvgIpc) is 3.08. The molecule has 144 valence electrons. The lowest BCUT2D eigenvalue weighted by molar-refractivity contribution is 0.690. The fourth-order valence-corrected chi connectivity index (χ4v) is 4.66. The van der Waals surface area contributed by atoms with Crippen LogP contribution in [-0.4, -0.2) is 0 Å². The van der Waals surface area contributed by atoms with E-state index in [1.54, 1.807) is 0 Å². The fourth-order valence-electron chi connectivity index (χ4n) is 4.66. The van der Waals surface area contributed by atoms with Gasteiger partial charge in [0.05, 0.1) is 5.41 Å². The van der Waals surface area contributed by atoms with Gasteiger partial charge in [0, 0.05) is 0 Å². The van der Waals surface area contributed by atoms with Crippen LogP contribution >= 0.6 is 0 Å². The van der Waals surface area contributed by atoms with E-state index in [1.165, 1.54) is 33.4 Å². The smallest absolute Gasteiger partial charge is 0.0721 e. The maximum absolute atomic E-state index is 4.14. The van der Waals surface area contributed by atoms with Crippen LogP contribution in [0.15, 0.2) is 131 Å². The van der Waals surface area contributed by atoms with Gasteiger partial charge in [-0.3, -0.25) is 0 Å². The summed E-state index contributed by atoms with van der Waals surface area (Å²) in [6.45, 7) is 22.9. The number of hydrogen-bond donors (Lipinski definition) is 0. The molecule has 0 aliphatic heterocycles. The third-order valence-corrected chi connectivity index (χ3v) is 5.53. The summed E-state index contributed by atoms with van der Waals surface area (Å²) in [7, 11) is 0. The maximum Gasteiger partial charge on any atom is 0.0721 e. The minimum absolute atomic E-state index is 0.390. The first-order chi connectivity index (χ1) is 13.5. The van der Waals surface area contributed by atoms with Crippen LogP contribution in [0.4, 0.5) is 0 Å². The van der Waals surface area contributed by atoms with Crippen LogP contribution in [0.1, 0.15) is 34.6 Å². The van der Waals surface area contributed by atoms with E-state index in [2.05, 4.69) is 103 Å². The molecule has 2 aliphatic carbocycles. The van der Waals surface area contributed by atoms with Gasteiger partial charge in [0.25, 0.3) is 0 Å². The Balaban J connectivity index is 3.23. The highest BCUT2D eigenvalue weighted by atomic mass is 14.5. The second-order valence-electron chi connectivity index (χ2n) is 6.88. The normalized spacial score (nSPS) is 19.9. The van der Waals surface area contributed by atoms with Gasteiger partial charge in [-0.1, -0.05) is 86.6 Å². The Kier molecular flexibility index (Phi) is 6.80. The molecule has 0 heteroatoms. The van der Waals surface area contributed by atoms with E-state index in [0.29, 0.717) is 0 Å². The molecule has 0 N–H and O–H groups in total. The van der Waals surface area contributed by atoms with E-state index in [0.717, 1.165) is 11.1 Å². The lowest BCUT2D eigenvalue weighted by atomic mass is 9.66. The predicted octanol–water partition coefficient (Wildman–Crippen LogP) is 8.07. The third-order valence-electron chi connectivity index (χ3n) is 5.53. The Morgan fingerprint density at radius 1 is 0.536 bits per heavy atom. The SMILES string of the molecule is C=CC1=C(/C=C\C)C2(C(/C=C\C)=C1C)C(/C=C\C)=C(C=C)C(C=C)=C2/C=C\C. The molecule has 2 aliphatic rings. The van der Waals surface area contributed by atoms with Gasteiger partial charge in [-0.15, -0.1) is 0 Å². The molecule has 0 bridgehead atoms. The van der Waals surface area contributed by atoms with Crippen LogP contribution in [0.25, 0.3) is 0 Å². The van der Waals surface area contributed by atoms with Crippen molar-refractivity contribution in [3.05, 3.63) is 131 Å². The summed E-state index contributed by atoms with van der Waals surface area (Å²) >= 11 is 0. The van der Waals surface area contributed by atoms with E-state index < -0.39 is 5.41 Å². The van der Waals surface area contributed by atoms with E-state index in [4.69, 9.17) is 0 Å². The molecule has 0 fully saturated rings. The van der Waals surface area contributed by atoms with Crippen LogP contribution in [0.3, 0.4) is 0 Å². The molecule has 0 aromatic rings. The van der Waals surface area contributed by atoms with Crippen molar-refractivity contribution in [1.82, 2.24) is 0 Å². The van der Waals surface area contributed by atoms with Gasteiger partial charge in [0.15, 0.2) is 0 Å². The molecule has 28 heavy (non-hydrogen) atoms. The third kappa shape index (κ3) is 2.85. The molecule has 1 spiro atoms. The summed E-state index contributed by atoms with van der Waals surface area (Å²) in [5.74, 6) is 0. The summed E-state index contributed by atoms with van der Waals surface area (Å²) in [4.78, 5) is 0. The van der Waals surface area contributed by atoms with Crippen molar-refractivity contribution in [1.29, 1.82) is 0 Å². The minimum Gasteiger partial charge on any atom is -0.0984 e. The zero-order chi connectivity index (χ0) is 20.9. The lowest BCUT2D eigenvalue weighted by Crippen LogP contribution is -2.25. The quantitative estimate of drug-likeness (QED) is 0.426. The Hall–Kier alpha value is -2.86. The number of allylic oxidation sites excluding steroid dienone is 19. The van der Waals surface area contributed by atoms with Gasteiger partial charge in [0.1, 0.15) is 0 Å². The molecule has 2 rings (SSSR count). The fraction of sp³-hybridized carbons (Fsp3) is 0.214. The molecule has 0 nitrogen and oxygen atoms in total. The van der Waals surface area contributed by atoms with Gasteiger partial charge in [-0.05, 0) is 79.2 Å². The minimum atomic E-state index is -0.390. The zero-order valence-electron chi connectivity index (χ0n) is 18.0. The summed E-state index contributed by atoms with van der Waals surface area (Å²) in [5, 5.41) is 0. The number of rotatable bonds is 7. The molecule has 0 aromatic heterocycles. The van der Waals surface area contributed by atoms with Crippen LogP contribution < -0.4 is 0 Å². The van der Waals surface area contributed by atoms with E-state index in [9.17, 15) is 0 Å². The van der Waals surface area contributed by atoms with Gasteiger partial charge < -0.3 is 0 Å². The molecule has 0 radical (unpaired) electrons. The first-order valence-electron chi connectivity index (χ1n) is 9.89. The number of hydrogen-bond acceptors (Lipinski definition) is 0. The monoisotopic (exact) mass is 368 g/mol. The van der Waals surface area contributed by atoms with E-state index in [-0.39, 0.29) is 0 Å². The Morgan fingerprint density at radius 2 is 0.857 bits per heavy atom. The summed E-state index contributed by atoms with van der Waals surface area (Å²) in [5.41, 5.74) is 9.38. The van der Waals surface area contributed by atoms with Crippen molar-refractivity contribution in [3.63, 3.8) is 0 Å². The van der Waals surface area contributed by atoms with Crippen molar-refractivity contribution >= 4 is 0 Å². The Labute approximate surface area is 171 Å². The van der Waals surface area contributed by atoms with Crippen molar-refractivity contribution in [2.45, 2.75) is 34.6 Å². The van der Waals surface area contributed by atoms with Crippen molar-refractivity contribution in [2.24, 2.45) is 5.41 Å². The van der Waals surface area contributed by atoms with E-state index >= 15 is 0 Å². The lowest BCUT2D eigenvalue weighted by Gasteiger charge is -2.35. The molecule has 0 saturated heterocycles.